The molecule has 0 aliphatic heterocycles. The lowest BCUT2D eigenvalue weighted by Gasteiger charge is -2.21. The molecule has 6 nitrogen and oxygen atoms in total. The monoisotopic (exact) mass is 412 g/mol. The molecule has 2 atom stereocenters. The van der Waals surface area contributed by atoms with Gasteiger partial charge in [0.2, 0.25) is 11.8 Å². The standard InChI is InChI=1S/C23H25FN2O4/c1-16(27)25-21(15-18-11-6-12-19(24)14-18)22(28)26-20(23(29)30-2)13-7-10-17-8-4-3-5-9-17/h3-12,14,20-21H,13,15H2,1-2H3,(H,25,27)(H,26,28)/b10-7+/t20-,21+/m1/s1. The molecule has 158 valence electrons. The van der Waals surface area contributed by atoms with Gasteiger partial charge in [0.25, 0.3) is 0 Å². The Hall–Kier alpha value is -3.48. The van der Waals surface area contributed by atoms with Gasteiger partial charge in [-0.05, 0) is 29.7 Å². The minimum atomic E-state index is -0.963. The van der Waals surface area contributed by atoms with Gasteiger partial charge in [0.15, 0.2) is 0 Å². The third-order valence-corrected chi connectivity index (χ3v) is 4.31. The molecule has 0 spiro atoms. The fraction of sp³-hybridized carbons (Fsp3) is 0.261. The third-order valence-electron chi connectivity index (χ3n) is 4.31. The molecule has 0 aromatic heterocycles. The zero-order valence-corrected chi connectivity index (χ0v) is 16.9. The van der Waals surface area contributed by atoms with Crippen LogP contribution in [0.1, 0.15) is 24.5 Å². The molecule has 0 saturated heterocycles. The van der Waals surface area contributed by atoms with Crippen molar-refractivity contribution in [1.82, 2.24) is 10.6 Å². The van der Waals surface area contributed by atoms with Crippen LogP contribution in [0.2, 0.25) is 0 Å². The molecule has 0 aliphatic carbocycles. The van der Waals surface area contributed by atoms with Crippen molar-refractivity contribution in [2.75, 3.05) is 7.11 Å². The van der Waals surface area contributed by atoms with E-state index in [1.807, 2.05) is 36.4 Å². The number of carbonyl (C=O) groups is 3. The Kier molecular flexibility index (Phi) is 8.75. The summed E-state index contributed by atoms with van der Waals surface area (Å²) in [4.78, 5) is 36.5. The van der Waals surface area contributed by atoms with Crippen LogP contribution in [0.25, 0.3) is 6.08 Å². The number of hydrogen-bond acceptors (Lipinski definition) is 4. The number of halogens is 1. The predicted molar refractivity (Wildman–Crippen MR) is 112 cm³/mol. The van der Waals surface area contributed by atoms with Crippen LogP contribution in [0.15, 0.2) is 60.7 Å². The van der Waals surface area contributed by atoms with Crippen molar-refractivity contribution in [2.24, 2.45) is 0 Å². The van der Waals surface area contributed by atoms with Gasteiger partial charge < -0.3 is 15.4 Å². The lowest BCUT2D eigenvalue weighted by Crippen LogP contribution is -2.52. The molecular weight excluding hydrogens is 387 g/mol. The molecule has 0 fully saturated rings. The first kappa shape index (κ1) is 22.8. The Labute approximate surface area is 175 Å². The number of rotatable bonds is 9. The highest BCUT2D eigenvalue weighted by Crippen LogP contribution is 2.09. The van der Waals surface area contributed by atoms with Crippen molar-refractivity contribution >= 4 is 23.9 Å². The SMILES string of the molecule is COC(=O)[C@@H](C/C=C/c1ccccc1)NC(=O)[C@H](Cc1cccc(F)c1)NC(C)=O. The lowest BCUT2D eigenvalue weighted by molar-refractivity contribution is -0.145. The molecule has 0 aliphatic rings. The van der Waals surface area contributed by atoms with Crippen LogP contribution in [0.4, 0.5) is 4.39 Å². The fourth-order valence-corrected chi connectivity index (χ4v) is 2.89. The molecule has 7 heteroatoms. The van der Waals surface area contributed by atoms with E-state index in [1.54, 1.807) is 12.1 Å². The van der Waals surface area contributed by atoms with Crippen LogP contribution in [0.3, 0.4) is 0 Å². The number of ether oxygens (including phenoxy) is 1. The number of nitrogens with one attached hydrogen (secondary N) is 2. The van der Waals surface area contributed by atoms with Crippen LogP contribution in [-0.4, -0.2) is 37.0 Å². The quantitative estimate of drug-likeness (QED) is 0.620. The number of esters is 1. The highest BCUT2D eigenvalue weighted by molar-refractivity contribution is 5.90. The van der Waals surface area contributed by atoms with Gasteiger partial charge in [-0.1, -0.05) is 54.6 Å². The number of amides is 2. The zero-order chi connectivity index (χ0) is 21.9. The summed E-state index contributed by atoms with van der Waals surface area (Å²) in [5.74, 6) is -2.01. The topological polar surface area (TPSA) is 84.5 Å². The molecule has 0 radical (unpaired) electrons. The molecule has 2 N–H and O–H groups in total. The number of benzene rings is 2. The molecule has 30 heavy (non-hydrogen) atoms. The van der Waals surface area contributed by atoms with E-state index < -0.39 is 35.7 Å². The molecule has 2 amide bonds. The summed E-state index contributed by atoms with van der Waals surface area (Å²) >= 11 is 0. The maximum absolute atomic E-state index is 13.5. The second-order valence-corrected chi connectivity index (χ2v) is 6.72. The zero-order valence-electron chi connectivity index (χ0n) is 16.9. The Bertz CT molecular complexity index is 899. The fourth-order valence-electron chi connectivity index (χ4n) is 2.89. The minimum absolute atomic E-state index is 0.0803. The Morgan fingerprint density at radius 1 is 1.03 bits per heavy atom. The third kappa shape index (κ3) is 7.50. The number of methoxy groups -OCH3 is 1. The van der Waals surface area contributed by atoms with E-state index in [0.717, 1.165) is 5.56 Å². The second-order valence-electron chi connectivity index (χ2n) is 6.72. The van der Waals surface area contributed by atoms with Crippen molar-refractivity contribution in [3.8, 4) is 0 Å². The largest absolute Gasteiger partial charge is 0.467 e. The van der Waals surface area contributed by atoms with Crippen molar-refractivity contribution < 1.29 is 23.5 Å². The van der Waals surface area contributed by atoms with E-state index in [0.29, 0.717) is 5.56 Å². The van der Waals surface area contributed by atoms with E-state index in [-0.39, 0.29) is 12.8 Å². The highest BCUT2D eigenvalue weighted by atomic mass is 19.1. The van der Waals surface area contributed by atoms with Gasteiger partial charge in [-0.2, -0.15) is 0 Å². The average Bonchev–Trinajstić information content (AvgIpc) is 2.72. The second kappa shape index (κ2) is 11.5. The van der Waals surface area contributed by atoms with Crippen LogP contribution < -0.4 is 10.6 Å². The van der Waals surface area contributed by atoms with Gasteiger partial charge >= 0.3 is 5.97 Å². The first-order valence-electron chi connectivity index (χ1n) is 9.50. The van der Waals surface area contributed by atoms with E-state index in [2.05, 4.69) is 10.6 Å². The van der Waals surface area contributed by atoms with E-state index in [4.69, 9.17) is 4.74 Å². The van der Waals surface area contributed by atoms with Crippen molar-refractivity contribution in [1.29, 1.82) is 0 Å². The maximum Gasteiger partial charge on any atom is 0.328 e. The van der Waals surface area contributed by atoms with Crippen molar-refractivity contribution in [3.05, 3.63) is 77.6 Å². The van der Waals surface area contributed by atoms with E-state index >= 15 is 0 Å². The molecule has 2 aromatic rings. The highest BCUT2D eigenvalue weighted by Gasteiger charge is 2.26. The van der Waals surface area contributed by atoms with Crippen molar-refractivity contribution in [2.45, 2.75) is 31.8 Å². The van der Waals surface area contributed by atoms with Crippen molar-refractivity contribution in [3.63, 3.8) is 0 Å². The first-order valence-corrected chi connectivity index (χ1v) is 9.50. The predicted octanol–water partition coefficient (Wildman–Crippen LogP) is 2.63. The van der Waals surface area contributed by atoms with Gasteiger partial charge in [0, 0.05) is 13.3 Å². The molecule has 0 unspecified atom stereocenters. The van der Waals surface area contributed by atoms with Gasteiger partial charge in [-0.15, -0.1) is 0 Å². The summed E-state index contributed by atoms with van der Waals surface area (Å²) < 4.78 is 18.3. The summed E-state index contributed by atoms with van der Waals surface area (Å²) in [7, 11) is 1.24. The van der Waals surface area contributed by atoms with Crippen LogP contribution in [0.5, 0.6) is 0 Å². The Morgan fingerprint density at radius 2 is 1.77 bits per heavy atom. The Morgan fingerprint density at radius 3 is 2.40 bits per heavy atom. The smallest absolute Gasteiger partial charge is 0.328 e. The molecule has 2 aromatic carbocycles. The average molecular weight is 412 g/mol. The molecule has 2 rings (SSSR count). The van der Waals surface area contributed by atoms with Crippen LogP contribution >= 0.6 is 0 Å². The normalized spacial score (nSPS) is 12.8. The van der Waals surface area contributed by atoms with Crippen LogP contribution in [-0.2, 0) is 25.5 Å². The molecular formula is C23H25FN2O4. The maximum atomic E-state index is 13.5. The van der Waals surface area contributed by atoms with Gasteiger partial charge in [0.05, 0.1) is 7.11 Å². The van der Waals surface area contributed by atoms with Gasteiger partial charge in [-0.25, -0.2) is 9.18 Å². The summed E-state index contributed by atoms with van der Waals surface area (Å²) in [6.07, 6.45) is 3.88. The number of carbonyl (C=O) groups excluding carboxylic acids is 3. The number of hydrogen-bond donors (Lipinski definition) is 2. The summed E-state index contributed by atoms with van der Waals surface area (Å²) in [6, 6.07) is 13.4. The Balaban J connectivity index is 2.10. The lowest BCUT2D eigenvalue weighted by atomic mass is 10.0. The van der Waals surface area contributed by atoms with Crippen LogP contribution in [0, 0.1) is 5.82 Å². The van der Waals surface area contributed by atoms with Gasteiger partial charge in [0.1, 0.15) is 17.9 Å². The van der Waals surface area contributed by atoms with E-state index in [9.17, 15) is 18.8 Å². The molecule has 0 heterocycles. The molecule has 0 bridgehead atoms. The minimum Gasteiger partial charge on any atom is -0.467 e. The van der Waals surface area contributed by atoms with E-state index in [1.165, 1.54) is 32.2 Å². The molecule has 0 saturated carbocycles. The van der Waals surface area contributed by atoms with Gasteiger partial charge in [-0.3, -0.25) is 9.59 Å². The summed E-state index contributed by atoms with van der Waals surface area (Å²) in [5, 5.41) is 5.17. The summed E-state index contributed by atoms with van der Waals surface area (Å²) in [5.41, 5.74) is 1.50. The summed E-state index contributed by atoms with van der Waals surface area (Å²) in [6.45, 7) is 1.28. The first-order chi connectivity index (χ1) is 14.4.